The molecule has 10 nitrogen and oxygen atoms in total. The van der Waals surface area contributed by atoms with Crippen molar-refractivity contribution in [3.63, 3.8) is 0 Å². The van der Waals surface area contributed by atoms with E-state index in [-0.39, 0.29) is 29.7 Å². The van der Waals surface area contributed by atoms with Crippen LogP contribution in [0.15, 0.2) is 0 Å². The van der Waals surface area contributed by atoms with Crippen molar-refractivity contribution >= 4 is 17.7 Å². The average Bonchev–Trinajstić information content (AvgIpc) is 3.01. The highest BCUT2D eigenvalue weighted by molar-refractivity contribution is 6.00. The van der Waals surface area contributed by atoms with E-state index >= 15 is 0 Å². The molecule has 0 radical (unpaired) electrons. The number of nitrogens with zero attached hydrogens (tertiary/aromatic N) is 3. The lowest BCUT2D eigenvalue weighted by Crippen LogP contribution is -2.47. The highest BCUT2D eigenvalue weighted by Gasteiger charge is 2.32. The fraction of sp³-hybridized carbons (Fsp3) is 0.919. The van der Waals surface area contributed by atoms with Crippen LogP contribution >= 0.6 is 0 Å². The van der Waals surface area contributed by atoms with Crippen LogP contribution < -0.4 is 0 Å². The van der Waals surface area contributed by atoms with Crippen LogP contribution in [0.2, 0.25) is 0 Å². The molecule has 0 aromatic carbocycles. The van der Waals surface area contributed by atoms with Crippen LogP contribution in [-0.2, 0) is 28.6 Å². The summed E-state index contributed by atoms with van der Waals surface area (Å²) < 4.78 is 16.1. The van der Waals surface area contributed by atoms with Crippen LogP contribution in [0.4, 0.5) is 0 Å². The number of likely N-dealkylation sites (N-methyl/N-ethyl adjacent to an activating group) is 1. The van der Waals surface area contributed by atoms with Gasteiger partial charge in [0.1, 0.15) is 11.7 Å². The van der Waals surface area contributed by atoms with Crippen molar-refractivity contribution in [2.45, 2.75) is 119 Å². The second-order valence-electron chi connectivity index (χ2n) is 14.2. The summed E-state index contributed by atoms with van der Waals surface area (Å²) in [4.78, 5) is 45.5. The minimum Gasteiger partial charge on any atom is -0.465 e. The van der Waals surface area contributed by atoms with E-state index in [1.807, 2.05) is 39.5 Å². The lowest BCUT2D eigenvalue weighted by atomic mass is 9.83. The molecule has 1 amide bonds. The lowest BCUT2D eigenvalue weighted by Gasteiger charge is -2.31. The van der Waals surface area contributed by atoms with Gasteiger partial charge in [-0.1, -0.05) is 54.9 Å². The number of morpholine rings is 1. The normalized spacial score (nSPS) is 31.6. The van der Waals surface area contributed by atoms with Crippen molar-refractivity contribution in [1.82, 2.24) is 14.7 Å². The number of carbonyl (C=O) groups excluding carboxylic acids is 3. The van der Waals surface area contributed by atoms with Gasteiger partial charge in [0.05, 0.1) is 32.5 Å². The molecule has 3 aliphatic rings. The van der Waals surface area contributed by atoms with Crippen LogP contribution in [0.5, 0.6) is 0 Å². The molecule has 3 aliphatic heterocycles. The van der Waals surface area contributed by atoms with Crippen LogP contribution in [0.25, 0.3) is 0 Å². The molecule has 1 unspecified atom stereocenters. The van der Waals surface area contributed by atoms with Crippen LogP contribution in [0.1, 0.15) is 107 Å². The third-order valence-electron chi connectivity index (χ3n) is 9.24. The van der Waals surface area contributed by atoms with Crippen molar-refractivity contribution in [2.75, 3.05) is 72.7 Å². The monoisotopic (exact) mass is 670 g/mol. The second kappa shape index (κ2) is 24.5. The zero-order chi connectivity index (χ0) is 35.4. The van der Waals surface area contributed by atoms with Crippen LogP contribution in [0.3, 0.4) is 0 Å². The van der Waals surface area contributed by atoms with E-state index in [1.54, 1.807) is 0 Å². The van der Waals surface area contributed by atoms with E-state index in [1.165, 1.54) is 0 Å². The minimum absolute atomic E-state index is 0.0273. The maximum Gasteiger partial charge on any atom is 0.316 e. The van der Waals surface area contributed by atoms with Gasteiger partial charge in [0.2, 0.25) is 5.91 Å². The first kappa shape index (κ1) is 43.4. The van der Waals surface area contributed by atoms with Gasteiger partial charge < -0.3 is 29.1 Å². The first-order valence-electron chi connectivity index (χ1n) is 18.7. The van der Waals surface area contributed by atoms with Gasteiger partial charge in [-0.15, -0.1) is 0 Å². The zero-order valence-corrected chi connectivity index (χ0v) is 31.5. The predicted molar refractivity (Wildman–Crippen MR) is 188 cm³/mol. The number of esters is 1. The zero-order valence-electron chi connectivity index (χ0n) is 31.5. The largest absolute Gasteiger partial charge is 0.465 e. The molecular formula is C37H71N3O7. The molecule has 0 spiro atoms. The summed E-state index contributed by atoms with van der Waals surface area (Å²) in [5.74, 6) is 0.503. The highest BCUT2D eigenvalue weighted by Crippen LogP contribution is 2.25. The quantitative estimate of drug-likeness (QED) is 0.317. The predicted octanol–water partition coefficient (Wildman–Crippen LogP) is 5.26. The van der Waals surface area contributed by atoms with Crippen molar-refractivity contribution in [3.8, 4) is 0 Å². The molecule has 276 valence electrons. The number of ketones is 1. The Hall–Kier alpha value is -1.59. The summed E-state index contributed by atoms with van der Waals surface area (Å²) in [7, 11) is 2.13. The fourth-order valence-corrected chi connectivity index (χ4v) is 6.98. The van der Waals surface area contributed by atoms with Crippen molar-refractivity contribution < 1.29 is 33.7 Å². The number of carbonyl (C=O) groups is 3. The smallest absolute Gasteiger partial charge is 0.316 e. The van der Waals surface area contributed by atoms with Crippen LogP contribution in [0, 0.1) is 29.6 Å². The molecule has 3 fully saturated rings. The maximum atomic E-state index is 13.1. The number of ether oxygens (including phenoxy) is 3. The molecule has 10 heteroatoms. The number of amides is 1. The van der Waals surface area contributed by atoms with E-state index in [9.17, 15) is 14.4 Å². The fourth-order valence-electron chi connectivity index (χ4n) is 6.98. The number of rotatable bonds is 4. The number of Topliss-reactive ketones (excluding diaryl/α,β-unsaturated/α-hetero) is 1. The number of aliphatic hydroxyl groups excluding tert-OH is 1. The van der Waals surface area contributed by atoms with Gasteiger partial charge in [0.15, 0.2) is 6.29 Å². The highest BCUT2D eigenvalue weighted by atomic mass is 16.6. The Morgan fingerprint density at radius 2 is 1.49 bits per heavy atom. The lowest BCUT2D eigenvalue weighted by molar-refractivity contribution is -0.169. The Bertz CT molecular complexity index is 844. The molecule has 0 aliphatic carbocycles. The van der Waals surface area contributed by atoms with Crippen molar-refractivity contribution in [3.05, 3.63) is 0 Å². The van der Waals surface area contributed by atoms with Gasteiger partial charge in [0, 0.05) is 51.6 Å². The Morgan fingerprint density at radius 1 is 0.830 bits per heavy atom. The number of hydrogen-bond acceptors (Lipinski definition) is 9. The summed E-state index contributed by atoms with van der Waals surface area (Å²) in [6.45, 7) is 23.4. The molecule has 3 heterocycles. The van der Waals surface area contributed by atoms with Gasteiger partial charge in [-0.05, 0) is 70.3 Å². The molecule has 1 N–H and O–H groups in total. The molecule has 47 heavy (non-hydrogen) atoms. The summed E-state index contributed by atoms with van der Waals surface area (Å²) >= 11 is 0. The SMILES string of the molecule is CC.CCCC1C(=O)OCCCCN(C(=O)CN2CCOCC2)CCN(C)C[C@H](C)C[C@@H](C)C[C@@H](C)C1=O.C[C@H]1C[C@@H](C)O[C@@H](O)C1. The topological polar surface area (TPSA) is 109 Å². The van der Waals surface area contributed by atoms with E-state index in [0.29, 0.717) is 70.1 Å². The first-order valence-corrected chi connectivity index (χ1v) is 18.7. The summed E-state index contributed by atoms with van der Waals surface area (Å²) in [6.07, 6.45) is 6.20. The van der Waals surface area contributed by atoms with E-state index < -0.39 is 12.2 Å². The van der Waals surface area contributed by atoms with Gasteiger partial charge in [0.25, 0.3) is 0 Å². The van der Waals surface area contributed by atoms with Crippen molar-refractivity contribution in [2.24, 2.45) is 29.6 Å². The van der Waals surface area contributed by atoms with E-state index in [2.05, 4.69) is 37.6 Å². The first-order chi connectivity index (χ1) is 22.4. The molecule has 0 saturated carbocycles. The number of hydrogen-bond donors (Lipinski definition) is 1. The average molecular weight is 670 g/mol. The second-order valence-corrected chi connectivity index (χ2v) is 14.2. The summed E-state index contributed by atoms with van der Waals surface area (Å²) in [5.41, 5.74) is 0. The number of aliphatic hydroxyl groups is 1. The molecular weight excluding hydrogens is 598 g/mol. The van der Waals surface area contributed by atoms with E-state index in [4.69, 9.17) is 19.3 Å². The molecule has 0 aromatic heterocycles. The Morgan fingerprint density at radius 3 is 2.11 bits per heavy atom. The Balaban J connectivity index is 0.000000851. The molecule has 3 rings (SSSR count). The molecule has 7 atom stereocenters. The van der Waals surface area contributed by atoms with Crippen LogP contribution in [-0.4, -0.2) is 123 Å². The van der Waals surface area contributed by atoms with Gasteiger partial charge in [-0.3, -0.25) is 19.3 Å². The maximum absolute atomic E-state index is 13.1. The standard InChI is InChI=1S/C28H51N3O5.C7H14O2.C2H6/c1-6-9-25-27(33)24(4)19-22(2)18-23(3)20-29(5)11-12-31(10-7-8-15-36-28(25)34)26(32)21-30-13-16-35-17-14-30;1-5-3-6(2)9-7(8)4-5;1-2/h22-25H,6-21H2,1-5H3;5-8H,3-4H2,1-2H3;1-2H3/t22-,23-,24-,25?;5-,6+,7+;/m10./s1. The number of cyclic esters (lactones) is 1. The van der Waals surface area contributed by atoms with Gasteiger partial charge in [-0.25, -0.2) is 0 Å². The molecule has 0 bridgehead atoms. The van der Waals surface area contributed by atoms with Gasteiger partial charge >= 0.3 is 5.97 Å². The molecule has 3 saturated heterocycles. The Labute approximate surface area is 287 Å². The summed E-state index contributed by atoms with van der Waals surface area (Å²) in [6, 6.07) is 0. The summed E-state index contributed by atoms with van der Waals surface area (Å²) in [5, 5.41) is 9.03. The molecule has 0 aromatic rings. The van der Waals surface area contributed by atoms with Gasteiger partial charge in [-0.2, -0.15) is 0 Å². The Kier molecular flexibility index (Phi) is 22.7. The minimum atomic E-state index is -0.661. The third kappa shape index (κ3) is 18.1. The van der Waals surface area contributed by atoms with Crippen molar-refractivity contribution in [1.29, 1.82) is 0 Å². The third-order valence-corrected chi connectivity index (χ3v) is 9.24. The van der Waals surface area contributed by atoms with E-state index in [0.717, 1.165) is 64.7 Å².